The highest BCUT2D eigenvalue weighted by atomic mass is 31.0. The van der Waals surface area contributed by atoms with E-state index in [1.807, 2.05) is 46.4 Å². The molecule has 3 aliphatic heterocycles. The molecule has 0 aliphatic carbocycles. The number of rotatable bonds is 5. The van der Waals surface area contributed by atoms with Gasteiger partial charge in [-0.15, -0.1) is 0 Å². The molecule has 2 fully saturated rings. The van der Waals surface area contributed by atoms with Crippen LogP contribution >= 0.6 is 9.47 Å². The van der Waals surface area contributed by atoms with Gasteiger partial charge in [0.15, 0.2) is 11.4 Å². The fourth-order valence-corrected chi connectivity index (χ4v) is 5.00. The van der Waals surface area contributed by atoms with Crippen LogP contribution in [0, 0.1) is 0 Å². The SMILES string of the molecule is C/C=C\C=C(/C)CNC(=O)c1cn2c(c(OP)c1=O)C(=O)N1C[C@H]3CCCCN3[C@H]1C2. The van der Waals surface area contributed by atoms with Crippen molar-refractivity contribution in [3.8, 4) is 5.75 Å². The van der Waals surface area contributed by atoms with Crippen LogP contribution in [0.15, 0.2) is 34.8 Å². The van der Waals surface area contributed by atoms with E-state index in [0.29, 0.717) is 25.7 Å². The molecule has 4 heterocycles. The molecule has 1 N–H and O–H groups in total. The highest BCUT2D eigenvalue weighted by Crippen LogP contribution is 2.35. The largest absolute Gasteiger partial charge is 0.474 e. The average Bonchev–Trinajstić information content (AvgIpc) is 3.15. The molecular formula is C22H29N4O4P. The van der Waals surface area contributed by atoms with E-state index in [1.54, 1.807) is 4.57 Å². The smallest absolute Gasteiger partial charge is 0.275 e. The fraction of sp³-hybridized carbons (Fsp3) is 0.500. The Morgan fingerprint density at radius 2 is 2.13 bits per heavy atom. The van der Waals surface area contributed by atoms with Crippen LogP contribution < -0.4 is 15.3 Å². The predicted octanol–water partition coefficient (Wildman–Crippen LogP) is 1.92. The number of carbonyl (C=O) groups is 2. The number of carbonyl (C=O) groups excluding carboxylic acids is 2. The van der Waals surface area contributed by atoms with Gasteiger partial charge in [-0.25, -0.2) is 0 Å². The molecule has 3 aliphatic rings. The van der Waals surface area contributed by atoms with Gasteiger partial charge in [-0.1, -0.05) is 30.2 Å². The minimum absolute atomic E-state index is 0.0190. The third kappa shape index (κ3) is 3.94. The minimum atomic E-state index is -0.572. The van der Waals surface area contributed by atoms with Crippen LogP contribution in [0.5, 0.6) is 5.75 Å². The summed E-state index contributed by atoms with van der Waals surface area (Å²) in [5.74, 6) is -0.779. The Hall–Kier alpha value is -2.44. The van der Waals surface area contributed by atoms with Gasteiger partial charge < -0.3 is 19.3 Å². The topological polar surface area (TPSA) is 83.9 Å². The summed E-state index contributed by atoms with van der Waals surface area (Å²) >= 11 is 0. The van der Waals surface area contributed by atoms with Gasteiger partial charge in [-0.2, -0.15) is 0 Å². The van der Waals surface area contributed by atoms with E-state index in [2.05, 4.69) is 10.2 Å². The van der Waals surface area contributed by atoms with Crippen molar-refractivity contribution >= 4 is 21.3 Å². The normalized spacial score (nSPS) is 23.5. The Morgan fingerprint density at radius 1 is 1.32 bits per heavy atom. The number of piperidine rings is 1. The number of fused-ring (bicyclic) bond motifs is 4. The zero-order valence-corrected chi connectivity index (χ0v) is 19.1. The summed E-state index contributed by atoms with van der Waals surface area (Å²) in [6.07, 6.45) is 10.5. The van der Waals surface area contributed by atoms with Crippen LogP contribution in [0.3, 0.4) is 0 Å². The summed E-state index contributed by atoms with van der Waals surface area (Å²) in [6.45, 7) is 6.30. The van der Waals surface area contributed by atoms with Gasteiger partial charge in [0.1, 0.15) is 11.7 Å². The van der Waals surface area contributed by atoms with E-state index in [-0.39, 0.29) is 29.1 Å². The van der Waals surface area contributed by atoms with Crippen molar-refractivity contribution in [3.05, 3.63) is 51.5 Å². The molecule has 0 spiro atoms. The van der Waals surface area contributed by atoms with Crippen molar-refractivity contribution in [2.75, 3.05) is 19.6 Å². The molecule has 3 atom stereocenters. The monoisotopic (exact) mass is 444 g/mol. The third-order valence-corrected chi connectivity index (χ3v) is 6.58. The second-order valence-corrected chi connectivity index (χ2v) is 8.60. The van der Waals surface area contributed by atoms with Crippen molar-refractivity contribution in [3.63, 3.8) is 0 Å². The Kier molecular flexibility index (Phi) is 6.30. The molecule has 0 aromatic carbocycles. The van der Waals surface area contributed by atoms with Crippen LogP contribution in [0.1, 0.15) is 54.0 Å². The Balaban J connectivity index is 1.65. The number of nitrogens with one attached hydrogen (secondary N) is 1. The van der Waals surface area contributed by atoms with Gasteiger partial charge in [-0.3, -0.25) is 19.3 Å². The van der Waals surface area contributed by atoms with Gasteiger partial charge >= 0.3 is 0 Å². The summed E-state index contributed by atoms with van der Waals surface area (Å²) in [7, 11) is 2.04. The first-order chi connectivity index (χ1) is 15.0. The Labute approximate surface area is 184 Å². The molecule has 0 saturated carbocycles. The standard InChI is InChI=1S/C22H29N4O4P/c1-3-4-7-14(2)10-23-21(28)16-12-24-13-17-25-9-6-5-8-15(25)11-26(17)22(29)18(24)20(30-31)19(16)27/h3-4,7,12,15,17H,5-6,8-11,13,31H2,1-2H3,(H,23,28)/b4-3-,14-7+/t15-,17-/m1/s1. The van der Waals surface area contributed by atoms with Gasteiger partial charge in [0.2, 0.25) is 5.43 Å². The first kappa shape index (κ1) is 21.8. The van der Waals surface area contributed by atoms with E-state index in [0.717, 1.165) is 25.0 Å². The molecule has 1 aromatic heterocycles. The number of aromatic nitrogens is 1. The van der Waals surface area contributed by atoms with Crippen LogP contribution in [-0.4, -0.2) is 58.0 Å². The first-order valence-electron chi connectivity index (χ1n) is 10.7. The molecular weight excluding hydrogens is 415 g/mol. The summed E-state index contributed by atoms with van der Waals surface area (Å²) in [5, 5.41) is 2.79. The maximum Gasteiger partial charge on any atom is 0.275 e. The summed E-state index contributed by atoms with van der Waals surface area (Å²) in [4.78, 5) is 43.3. The van der Waals surface area contributed by atoms with E-state index in [9.17, 15) is 14.4 Å². The molecule has 166 valence electrons. The van der Waals surface area contributed by atoms with E-state index in [1.165, 1.54) is 12.6 Å². The number of amides is 2. The summed E-state index contributed by atoms with van der Waals surface area (Å²) in [6, 6.07) is 0.361. The van der Waals surface area contributed by atoms with E-state index in [4.69, 9.17) is 4.52 Å². The predicted molar refractivity (Wildman–Crippen MR) is 121 cm³/mol. The number of nitrogens with zero attached hydrogens (tertiary/aromatic N) is 3. The molecule has 2 amide bonds. The molecule has 31 heavy (non-hydrogen) atoms. The van der Waals surface area contributed by atoms with E-state index >= 15 is 0 Å². The third-order valence-electron chi connectivity index (χ3n) is 6.35. The molecule has 9 heteroatoms. The van der Waals surface area contributed by atoms with Gasteiger partial charge in [0.25, 0.3) is 11.8 Å². The van der Waals surface area contributed by atoms with Crippen molar-refractivity contribution in [1.29, 1.82) is 0 Å². The zero-order chi connectivity index (χ0) is 22.1. The number of pyridine rings is 1. The maximum atomic E-state index is 13.3. The van der Waals surface area contributed by atoms with Crippen molar-refractivity contribution in [2.45, 2.75) is 51.9 Å². The van der Waals surface area contributed by atoms with E-state index < -0.39 is 11.3 Å². The lowest BCUT2D eigenvalue weighted by molar-refractivity contribution is 0.0454. The zero-order valence-electron chi connectivity index (χ0n) is 18.0. The number of hydrogen-bond donors (Lipinski definition) is 1. The summed E-state index contributed by atoms with van der Waals surface area (Å²) < 4.78 is 6.99. The number of allylic oxidation sites excluding steroid dienone is 3. The van der Waals surface area contributed by atoms with Crippen molar-refractivity contribution in [1.82, 2.24) is 19.7 Å². The molecule has 8 nitrogen and oxygen atoms in total. The van der Waals surface area contributed by atoms with Crippen LogP contribution in [0.25, 0.3) is 0 Å². The average molecular weight is 444 g/mol. The Morgan fingerprint density at radius 3 is 2.87 bits per heavy atom. The van der Waals surface area contributed by atoms with Gasteiger partial charge in [0.05, 0.1) is 16.0 Å². The lowest BCUT2D eigenvalue weighted by Gasteiger charge is -2.38. The molecule has 1 aromatic rings. The van der Waals surface area contributed by atoms with Gasteiger partial charge in [0, 0.05) is 31.9 Å². The second kappa shape index (κ2) is 8.97. The molecule has 1 unspecified atom stereocenters. The van der Waals surface area contributed by atoms with Crippen molar-refractivity contribution < 1.29 is 14.1 Å². The maximum absolute atomic E-state index is 13.3. The number of hydrogen-bond acceptors (Lipinski definition) is 5. The minimum Gasteiger partial charge on any atom is -0.474 e. The highest BCUT2D eigenvalue weighted by molar-refractivity contribution is 7.10. The molecule has 0 bridgehead atoms. The van der Waals surface area contributed by atoms with Crippen LogP contribution in [0.2, 0.25) is 0 Å². The summed E-state index contributed by atoms with van der Waals surface area (Å²) in [5.41, 5.74) is 0.587. The van der Waals surface area contributed by atoms with Crippen LogP contribution in [-0.2, 0) is 6.54 Å². The lowest BCUT2D eigenvalue weighted by Crippen LogP contribution is -2.51. The molecule has 0 radical (unpaired) electrons. The fourth-order valence-electron chi connectivity index (χ4n) is 4.78. The molecule has 2 saturated heterocycles. The Bertz CT molecular complexity index is 1020. The highest BCUT2D eigenvalue weighted by Gasteiger charge is 2.47. The lowest BCUT2D eigenvalue weighted by atomic mass is 10.0. The second-order valence-electron chi connectivity index (χ2n) is 8.37. The first-order valence-corrected chi connectivity index (χ1v) is 11.2. The van der Waals surface area contributed by atoms with Gasteiger partial charge in [-0.05, 0) is 26.7 Å². The quantitative estimate of drug-likeness (QED) is 0.554. The van der Waals surface area contributed by atoms with Crippen LogP contribution in [0.4, 0.5) is 0 Å². The molecule has 4 rings (SSSR count). The van der Waals surface area contributed by atoms with Crippen molar-refractivity contribution in [2.24, 2.45) is 0 Å².